The Balaban J connectivity index is 1.44. The number of amides is 1. The molecule has 0 aliphatic carbocycles. The van der Waals surface area contributed by atoms with Crippen molar-refractivity contribution < 1.29 is 4.79 Å². The fraction of sp³-hybridized carbons (Fsp3) is 0.250. The van der Waals surface area contributed by atoms with Gasteiger partial charge in [-0.2, -0.15) is 0 Å². The van der Waals surface area contributed by atoms with Crippen LogP contribution in [0.15, 0.2) is 43.0 Å². The lowest BCUT2D eigenvalue weighted by Crippen LogP contribution is -2.39. The van der Waals surface area contributed by atoms with Crippen LogP contribution < -0.4 is 32.7 Å². The van der Waals surface area contributed by atoms with E-state index in [1.807, 2.05) is 0 Å². The van der Waals surface area contributed by atoms with Crippen LogP contribution in [0.2, 0.25) is 0 Å². The fourth-order valence-corrected chi connectivity index (χ4v) is 3.42. The zero-order valence-corrected chi connectivity index (χ0v) is 16.8. The number of piperidine rings is 1. The van der Waals surface area contributed by atoms with Gasteiger partial charge in [-0.1, -0.05) is 0 Å². The topological polar surface area (TPSA) is 174 Å². The first-order valence-electron chi connectivity index (χ1n) is 9.85. The molecule has 4 rings (SSSR count). The van der Waals surface area contributed by atoms with E-state index in [9.17, 15) is 4.79 Å². The van der Waals surface area contributed by atoms with Crippen LogP contribution >= 0.6 is 0 Å². The first-order chi connectivity index (χ1) is 15.0. The lowest BCUT2D eigenvalue weighted by atomic mass is 10.0. The average Bonchev–Trinajstić information content (AvgIpc) is 2.76. The molecule has 1 saturated heterocycles. The number of rotatable bonds is 6. The zero-order chi connectivity index (χ0) is 21.8. The van der Waals surface area contributed by atoms with E-state index in [1.54, 1.807) is 36.8 Å². The summed E-state index contributed by atoms with van der Waals surface area (Å²) in [5.41, 5.74) is 18.4. The molecule has 0 unspecified atom stereocenters. The van der Waals surface area contributed by atoms with Gasteiger partial charge in [-0.05, 0) is 25.0 Å². The maximum Gasteiger partial charge on any atom is 0.252 e. The average molecular weight is 420 g/mol. The molecule has 0 atom stereocenters. The number of nitrogen functional groups attached to an aromatic ring is 2. The molecule has 11 nitrogen and oxygen atoms in total. The van der Waals surface area contributed by atoms with Gasteiger partial charge >= 0.3 is 0 Å². The SMILES string of the molecule is NC(=O)c1cnc(Nc2ccc(N)cn2)cc1NC1CCN(c2cnc(N)cn2)CC1. The minimum Gasteiger partial charge on any atom is -0.397 e. The van der Waals surface area contributed by atoms with E-state index in [0.717, 1.165) is 31.7 Å². The molecule has 0 aromatic carbocycles. The van der Waals surface area contributed by atoms with Crippen molar-refractivity contribution in [1.29, 1.82) is 0 Å². The predicted molar refractivity (Wildman–Crippen MR) is 120 cm³/mol. The smallest absolute Gasteiger partial charge is 0.252 e. The van der Waals surface area contributed by atoms with Gasteiger partial charge in [0.15, 0.2) is 0 Å². The molecule has 0 spiro atoms. The predicted octanol–water partition coefficient (Wildman–Crippen LogP) is 1.35. The van der Waals surface area contributed by atoms with Gasteiger partial charge in [0.2, 0.25) is 0 Å². The molecule has 4 heterocycles. The summed E-state index contributed by atoms with van der Waals surface area (Å²) in [5, 5.41) is 6.55. The summed E-state index contributed by atoms with van der Waals surface area (Å²) in [5.74, 6) is 1.80. The molecule has 0 radical (unpaired) electrons. The standard InChI is InChI=1S/C20H24N10O/c21-12-1-2-17(25-8-12)29-18-7-15(14(9-26-18)20(23)31)28-13-3-5-30(6-4-13)19-11-24-16(22)10-27-19/h1-2,7-11,13H,3-6,21H2,(H2,22,24)(H2,23,31)(H2,25,26,28,29). The highest BCUT2D eigenvalue weighted by atomic mass is 16.1. The van der Waals surface area contributed by atoms with Crippen LogP contribution in [0, 0.1) is 0 Å². The summed E-state index contributed by atoms with van der Waals surface area (Å²) in [6.07, 6.45) is 7.96. The molecule has 160 valence electrons. The number of carbonyl (C=O) groups excluding carboxylic acids is 1. The Kier molecular flexibility index (Phi) is 5.65. The molecule has 8 N–H and O–H groups in total. The Morgan fingerprint density at radius 3 is 2.39 bits per heavy atom. The van der Waals surface area contributed by atoms with Gasteiger partial charge in [-0.3, -0.25) is 4.79 Å². The van der Waals surface area contributed by atoms with Gasteiger partial charge in [0, 0.05) is 31.4 Å². The van der Waals surface area contributed by atoms with Gasteiger partial charge in [-0.25, -0.2) is 19.9 Å². The van der Waals surface area contributed by atoms with E-state index in [-0.39, 0.29) is 6.04 Å². The van der Waals surface area contributed by atoms with Crippen LogP contribution in [0.4, 0.5) is 34.6 Å². The third kappa shape index (κ3) is 4.89. The van der Waals surface area contributed by atoms with E-state index < -0.39 is 5.91 Å². The molecule has 0 bridgehead atoms. The molecule has 1 amide bonds. The zero-order valence-electron chi connectivity index (χ0n) is 16.8. The fourth-order valence-electron chi connectivity index (χ4n) is 3.42. The van der Waals surface area contributed by atoms with Crippen molar-refractivity contribution in [2.75, 3.05) is 40.1 Å². The third-order valence-corrected chi connectivity index (χ3v) is 5.05. The van der Waals surface area contributed by atoms with Crippen molar-refractivity contribution >= 4 is 40.6 Å². The minimum atomic E-state index is -0.540. The number of primary amides is 1. The number of nitrogens with zero attached hydrogens (tertiary/aromatic N) is 5. The Morgan fingerprint density at radius 2 is 1.74 bits per heavy atom. The maximum atomic E-state index is 11.9. The van der Waals surface area contributed by atoms with Crippen molar-refractivity contribution in [1.82, 2.24) is 19.9 Å². The molecule has 1 fully saturated rings. The van der Waals surface area contributed by atoms with Gasteiger partial charge in [0.05, 0.1) is 35.5 Å². The molecule has 0 saturated carbocycles. The minimum absolute atomic E-state index is 0.168. The molecule has 3 aromatic heterocycles. The molecule has 31 heavy (non-hydrogen) atoms. The van der Waals surface area contributed by atoms with Crippen molar-refractivity contribution in [3.05, 3.63) is 48.5 Å². The summed E-state index contributed by atoms with van der Waals surface area (Å²) in [4.78, 5) is 31.0. The van der Waals surface area contributed by atoms with E-state index in [4.69, 9.17) is 17.2 Å². The summed E-state index contributed by atoms with van der Waals surface area (Å²) < 4.78 is 0. The van der Waals surface area contributed by atoms with Crippen LogP contribution in [0.25, 0.3) is 0 Å². The van der Waals surface area contributed by atoms with E-state index >= 15 is 0 Å². The number of anilines is 6. The highest BCUT2D eigenvalue weighted by Crippen LogP contribution is 2.25. The summed E-state index contributed by atoms with van der Waals surface area (Å²) in [7, 11) is 0. The van der Waals surface area contributed by atoms with E-state index in [2.05, 4.69) is 35.5 Å². The molecule has 1 aliphatic heterocycles. The number of hydrogen-bond acceptors (Lipinski definition) is 10. The highest BCUT2D eigenvalue weighted by Gasteiger charge is 2.22. The van der Waals surface area contributed by atoms with Gasteiger partial charge in [-0.15, -0.1) is 0 Å². The number of hydrogen-bond donors (Lipinski definition) is 5. The maximum absolute atomic E-state index is 11.9. The third-order valence-electron chi connectivity index (χ3n) is 5.05. The molecule has 3 aromatic rings. The van der Waals surface area contributed by atoms with E-state index in [1.165, 1.54) is 6.20 Å². The summed E-state index contributed by atoms with van der Waals surface area (Å²) >= 11 is 0. The Morgan fingerprint density at radius 1 is 0.968 bits per heavy atom. The lowest BCUT2D eigenvalue weighted by molar-refractivity contribution is 0.100. The van der Waals surface area contributed by atoms with Crippen molar-refractivity contribution in [2.45, 2.75) is 18.9 Å². The van der Waals surface area contributed by atoms with Crippen LogP contribution in [0.3, 0.4) is 0 Å². The van der Waals surface area contributed by atoms with Gasteiger partial charge in [0.1, 0.15) is 23.3 Å². The normalized spacial score (nSPS) is 14.3. The van der Waals surface area contributed by atoms with Crippen LogP contribution in [-0.4, -0.2) is 45.0 Å². The Hall–Kier alpha value is -4.15. The first kappa shape index (κ1) is 20.1. The molecule has 1 aliphatic rings. The summed E-state index contributed by atoms with van der Waals surface area (Å²) in [6.45, 7) is 1.60. The highest BCUT2D eigenvalue weighted by molar-refractivity contribution is 5.98. The number of aromatic nitrogens is 4. The largest absolute Gasteiger partial charge is 0.397 e. The quantitative estimate of drug-likeness (QED) is 0.391. The number of nitrogens with one attached hydrogen (secondary N) is 2. The second-order valence-corrected chi connectivity index (χ2v) is 7.29. The molecular formula is C20H24N10O. The second-order valence-electron chi connectivity index (χ2n) is 7.29. The number of nitrogens with two attached hydrogens (primary N) is 3. The van der Waals surface area contributed by atoms with Crippen molar-refractivity contribution in [3.63, 3.8) is 0 Å². The lowest BCUT2D eigenvalue weighted by Gasteiger charge is -2.33. The Labute approximate surface area is 179 Å². The second kappa shape index (κ2) is 8.69. The van der Waals surface area contributed by atoms with Crippen LogP contribution in [0.5, 0.6) is 0 Å². The molecule has 11 heteroatoms. The van der Waals surface area contributed by atoms with Crippen LogP contribution in [0.1, 0.15) is 23.2 Å². The van der Waals surface area contributed by atoms with Crippen LogP contribution in [-0.2, 0) is 0 Å². The molecular weight excluding hydrogens is 396 g/mol. The van der Waals surface area contributed by atoms with Crippen molar-refractivity contribution in [2.24, 2.45) is 5.73 Å². The van der Waals surface area contributed by atoms with Gasteiger partial charge in [0.25, 0.3) is 5.91 Å². The number of pyridine rings is 2. The van der Waals surface area contributed by atoms with Crippen molar-refractivity contribution in [3.8, 4) is 0 Å². The van der Waals surface area contributed by atoms with E-state index in [0.29, 0.717) is 34.4 Å². The summed E-state index contributed by atoms with van der Waals surface area (Å²) in [6, 6.07) is 5.42. The monoisotopic (exact) mass is 420 g/mol. The first-order valence-corrected chi connectivity index (χ1v) is 9.85. The Bertz CT molecular complexity index is 1050. The van der Waals surface area contributed by atoms with Gasteiger partial charge < -0.3 is 32.7 Å². The number of carbonyl (C=O) groups is 1.